The van der Waals surface area contributed by atoms with Crippen molar-refractivity contribution in [2.45, 2.75) is 12.8 Å². The molecule has 1 heterocycles. The standard InChI is InChI=1S/2C12H9Br.C12H10.C6H7BO2.C6H5Br.C4H4BrNO2/c13-12-9-5-4-8-11(12)10-6-2-1-3-7-10;13-12-8-6-11(7-9-12)10-4-2-1-3-5-10;1-3-7-11(8-4-1)12-9-5-2-6-10-12;8-7(9)6-4-2-1-3-5-6;7-6-4-2-1-3-5-6;5-6-3(7)1-2-4(6)8/h2*1-9H;1-10H;1-5,8-9H;1-5H;1-2H2/i2*1D,2D,3D,4D,5D,6D,7D,8D,9D;1D,2D,3D,4D,5D,6D,7D,8D,9D,10D;2*1D,2D,3D,4D,5D;. The van der Waals surface area contributed by atoms with Crippen molar-refractivity contribution in [1.82, 2.24) is 3.93 Å². The Morgan fingerprint density at radius 2 is 0.710 bits per heavy atom. The molecular formula is C52H44BBr4NO4. The average molecular weight is 1120 g/mol. The van der Waals surface area contributed by atoms with Crippen LogP contribution in [-0.2, 0) is 9.59 Å². The molecule has 0 aliphatic carbocycles. The molecule has 1 aliphatic heterocycles. The number of hydrogen-bond acceptors (Lipinski definition) is 4. The maximum Gasteiger partial charge on any atom is 0.488 e. The molecule has 0 bridgehead atoms. The fraction of sp³-hybridized carbons (Fsp3) is 0.0385. The minimum Gasteiger partial charge on any atom is -0.423 e. The van der Waals surface area contributed by atoms with Crippen LogP contribution >= 0.6 is 63.9 Å². The van der Waals surface area contributed by atoms with Crippen molar-refractivity contribution < 1.29 is 71.7 Å². The Morgan fingerprint density at radius 1 is 0.403 bits per heavy atom. The van der Waals surface area contributed by atoms with E-state index >= 15 is 0 Å². The summed E-state index contributed by atoms with van der Waals surface area (Å²) in [6, 6.07) is -19.5. The molecule has 0 saturated carbocycles. The Hall–Kier alpha value is -5.20. The fourth-order valence-electron chi connectivity index (χ4n) is 3.56. The third-order valence-corrected chi connectivity index (χ3v) is 8.40. The fourth-order valence-corrected chi connectivity index (χ4v) is 4.71. The number of amides is 2. The van der Waals surface area contributed by atoms with Gasteiger partial charge < -0.3 is 10.0 Å². The summed E-state index contributed by atoms with van der Waals surface area (Å²) in [5.41, 5.74) is -2.36. The SMILES string of the molecule is O=C1CCC(=O)N1Br.[2H]c1c([2H])c([2H])c(-c2c([2H])c([2H])c(Br)c([2H])c2[2H])c([2H])c1[2H].[2H]c1c([2H])c([2H])c(-c2c([2H])c([2H])c([2H])c([2H])c2Br)c([2H])c1[2H].[2H]c1c([2H])c([2H])c(-c2c([2H])c([2H])c([2H])c([2H])c2[2H])c([2H])c1[2H].[2H]c1c([2H])c([2H])c(B(O)O)c([2H])c1[2H].[2H]c1c([2H])c([2H])c(Br)c([2H])c1[2H]. The van der Waals surface area contributed by atoms with Gasteiger partial charge in [-0.3, -0.25) is 9.59 Å². The Bertz CT molecular complexity index is 3850. The van der Waals surface area contributed by atoms with Crippen molar-refractivity contribution in [2.24, 2.45) is 0 Å². The highest BCUT2D eigenvalue weighted by molar-refractivity contribution is 9.11. The molecule has 0 atom stereocenters. The predicted octanol–water partition coefficient (Wildman–Crippen LogP) is 13.8. The van der Waals surface area contributed by atoms with E-state index in [9.17, 15) is 9.59 Å². The van der Waals surface area contributed by atoms with Gasteiger partial charge >= 0.3 is 7.12 Å². The number of rotatable bonds is 4. The number of benzene rings is 8. The predicted molar refractivity (Wildman–Crippen MR) is 271 cm³/mol. The van der Waals surface area contributed by atoms with Crippen LogP contribution in [0.1, 0.15) is 64.9 Å². The van der Waals surface area contributed by atoms with Crippen molar-refractivity contribution in [2.75, 3.05) is 0 Å². The van der Waals surface area contributed by atoms with Crippen molar-refractivity contribution in [1.29, 1.82) is 0 Å². The topological polar surface area (TPSA) is 77.8 Å². The second-order valence-corrected chi connectivity index (χ2v) is 13.4. The van der Waals surface area contributed by atoms with E-state index in [2.05, 4.69) is 63.9 Å². The van der Waals surface area contributed by atoms with Gasteiger partial charge in [-0.05, 0) is 69.1 Å². The molecule has 8 aromatic rings. The third kappa shape index (κ3) is 18.4. The molecule has 0 radical (unpaired) electrons. The minimum absolute atomic E-state index is 0.0429. The van der Waals surface area contributed by atoms with Crippen molar-refractivity contribution in [3.63, 3.8) is 0 Å². The molecule has 8 aromatic carbocycles. The first-order valence-electron chi connectivity index (χ1n) is 35.4. The van der Waals surface area contributed by atoms with E-state index in [0.717, 1.165) is 3.93 Å². The number of hydrogen-bond donors (Lipinski definition) is 2. The van der Waals surface area contributed by atoms with Gasteiger partial charge in [0, 0.05) is 26.3 Å². The van der Waals surface area contributed by atoms with E-state index in [1.54, 1.807) is 0 Å². The van der Waals surface area contributed by atoms with Gasteiger partial charge in [-0.15, -0.1) is 0 Å². The number of halogens is 4. The normalized spacial score (nSPS) is 19.5. The molecule has 0 spiro atoms. The van der Waals surface area contributed by atoms with Crippen LogP contribution in [0.2, 0.25) is 0 Å². The molecule has 9 rings (SSSR count). The Balaban J connectivity index is 0.000000262. The zero-order valence-electron chi connectivity index (χ0n) is 68.7. The molecule has 2 amide bonds. The number of imide groups is 1. The number of carbonyl (C=O) groups is 2. The van der Waals surface area contributed by atoms with Crippen LogP contribution in [0.3, 0.4) is 0 Å². The van der Waals surface area contributed by atoms with Crippen molar-refractivity contribution in [3.05, 3.63) is 243 Å². The monoisotopic (exact) mass is 1110 g/mol. The number of nitrogens with zero attached hydrogens (tertiary/aromatic N) is 1. The summed E-state index contributed by atoms with van der Waals surface area (Å²) in [7, 11) is -2.07. The third-order valence-electron chi connectivity index (χ3n) is 6.22. The molecule has 312 valence electrons. The highest BCUT2D eigenvalue weighted by Crippen LogP contribution is 2.27. The van der Waals surface area contributed by atoms with Crippen LogP contribution in [-0.4, -0.2) is 32.9 Å². The molecule has 0 unspecified atom stereocenters. The van der Waals surface area contributed by atoms with Crippen LogP contribution in [0, 0.1) is 0 Å². The minimum atomic E-state index is -2.07. The lowest BCUT2D eigenvalue weighted by Gasteiger charge is -2.02. The van der Waals surface area contributed by atoms with E-state index in [0.29, 0.717) is 12.8 Å². The van der Waals surface area contributed by atoms with Crippen LogP contribution in [0.4, 0.5) is 0 Å². The molecule has 1 aliphatic rings. The van der Waals surface area contributed by atoms with Crippen LogP contribution < -0.4 is 5.46 Å². The summed E-state index contributed by atoms with van der Waals surface area (Å²) < 4.78 is 290. The zero-order valence-corrected chi connectivity index (χ0v) is 37.0. The largest absolute Gasteiger partial charge is 0.488 e. The molecule has 1 saturated heterocycles. The summed E-state index contributed by atoms with van der Waals surface area (Å²) in [5.74, 6) is -0.287. The quantitative estimate of drug-likeness (QED) is 0.105. The van der Waals surface area contributed by atoms with E-state index in [-0.39, 0.29) is 95.8 Å². The maximum atomic E-state index is 10.4. The van der Waals surface area contributed by atoms with Gasteiger partial charge in [-0.1, -0.05) is 247 Å². The first-order valence-corrected chi connectivity index (χ1v) is 19.4. The van der Waals surface area contributed by atoms with Crippen LogP contribution in [0.5, 0.6) is 0 Å². The van der Waals surface area contributed by atoms with Gasteiger partial charge in [0.15, 0.2) is 0 Å². The molecule has 1 fully saturated rings. The van der Waals surface area contributed by atoms with Crippen molar-refractivity contribution >= 4 is 88.3 Å². The van der Waals surface area contributed by atoms with E-state index < -0.39 is 205 Å². The Labute approximate surface area is 452 Å². The second kappa shape index (κ2) is 28.4. The van der Waals surface area contributed by atoms with Gasteiger partial charge in [0.2, 0.25) is 11.8 Å². The maximum absolute atomic E-state index is 10.4. The lowest BCUT2D eigenvalue weighted by Crippen LogP contribution is -2.29. The van der Waals surface area contributed by atoms with Gasteiger partial charge in [0.1, 0.15) is 0 Å². The lowest BCUT2D eigenvalue weighted by molar-refractivity contribution is -0.131. The van der Waals surface area contributed by atoms with Crippen LogP contribution in [0.15, 0.2) is 243 Å². The summed E-state index contributed by atoms with van der Waals surface area (Å²) in [5, 5.41) is 17.6. The van der Waals surface area contributed by atoms with E-state index in [1.807, 2.05) is 0 Å². The number of carbonyl (C=O) groups excluding carboxylic acids is 2. The van der Waals surface area contributed by atoms with Gasteiger partial charge in [-0.2, -0.15) is 0 Å². The molecule has 0 aromatic heterocycles. The smallest absolute Gasteiger partial charge is 0.423 e. The summed E-state index contributed by atoms with van der Waals surface area (Å²) in [4.78, 5) is 20.9. The molecule has 2 N–H and O–H groups in total. The van der Waals surface area contributed by atoms with Gasteiger partial charge in [-0.25, -0.2) is 3.93 Å². The summed E-state index contributed by atoms with van der Waals surface area (Å²) in [6.45, 7) is 0. The van der Waals surface area contributed by atoms with E-state index in [1.165, 1.54) is 0 Å². The van der Waals surface area contributed by atoms with Gasteiger partial charge in [0.25, 0.3) is 0 Å². The molecular weight excluding hydrogens is 1030 g/mol. The second-order valence-electron chi connectivity index (χ2n) is 10.3. The zero-order chi connectivity index (χ0) is 77.4. The molecule has 5 nitrogen and oxygen atoms in total. The van der Waals surface area contributed by atoms with Crippen LogP contribution in [0.25, 0.3) is 33.4 Å². The first-order chi connectivity index (χ1) is 45.9. The molecule has 10 heteroatoms. The highest BCUT2D eigenvalue weighted by atomic mass is 79.9. The van der Waals surface area contributed by atoms with Crippen molar-refractivity contribution in [3.8, 4) is 33.4 Å². The summed E-state index contributed by atoms with van der Waals surface area (Å²) in [6.07, 6.45) is 0.703. The first kappa shape index (κ1) is 18.5. The summed E-state index contributed by atoms with van der Waals surface area (Å²) >= 11 is 11.7. The average Bonchev–Trinajstić information content (AvgIpc) is 0.859. The lowest BCUT2D eigenvalue weighted by atomic mass is 9.81. The van der Waals surface area contributed by atoms with Gasteiger partial charge in [0.05, 0.1) is 68.2 Å². The van der Waals surface area contributed by atoms with E-state index in [4.69, 9.17) is 62.1 Å². The Morgan fingerprint density at radius 3 is 1.08 bits per heavy atom. The Kier molecular flexibility index (Phi) is 8.48. The molecule has 62 heavy (non-hydrogen) atoms. The highest BCUT2D eigenvalue weighted by Gasteiger charge is 2.26.